The van der Waals surface area contributed by atoms with Crippen LogP contribution in [0, 0.1) is 0 Å². The van der Waals surface area contributed by atoms with Crippen LogP contribution in [0.2, 0.25) is 0 Å². The van der Waals surface area contributed by atoms with Crippen LogP contribution in [0.15, 0.2) is 12.3 Å². The van der Waals surface area contributed by atoms with E-state index in [4.69, 9.17) is 5.11 Å². The van der Waals surface area contributed by atoms with E-state index in [-0.39, 0.29) is 5.91 Å². The van der Waals surface area contributed by atoms with Gasteiger partial charge in [0.25, 0.3) is 0 Å². The molecular weight excluding hydrogens is 230 g/mol. The molecule has 0 aliphatic carbocycles. The minimum absolute atomic E-state index is 0.0746. The van der Waals surface area contributed by atoms with Crippen molar-refractivity contribution in [2.75, 3.05) is 13.1 Å². The van der Waals surface area contributed by atoms with Gasteiger partial charge >= 0.3 is 11.9 Å². The second-order valence-electron chi connectivity index (χ2n) is 3.55. The fourth-order valence-electron chi connectivity index (χ4n) is 1.69. The van der Waals surface area contributed by atoms with Crippen molar-refractivity contribution in [1.29, 1.82) is 0 Å². The van der Waals surface area contributed by atoms with Gasteiger partial charge in [0, 0.05) is 25.7 Å². The van der Waals surface area contributed by atoms with Crippen molar-refractivity contribution in [1.82, 2.24) is 15.3 Å². The average molecular weight is 241 g/mol. The van der Waals surface area contributed by atoms with Gasteiger partial charge in [0.05, 0.1) is 0 Å². The summed E-state index contributed by atoms with van der Waals surface area (Å²) < 4.78 is 0. The molecule has 0 aromatic rings. The Kier molecular flexibility index (Phi) is 2.96. The van der Waals surface area contributed by atoms with Crippen LogP contribution >= 0.6 is 0 Å². The number of fused-ring (bicyclic) bond motifs is 1. The minimum atomic E-state index is -1.68. The Labute approximate surface area is 96.4 Å². The van der Waals surface area contributed by atoms with Gasteiger partial charge in [0.15, 0.2) is 6.29 Å². The third-order valence-electron chi connectivity index (χ3n) is 2.44. The summed E-state index contributed by atoms with van der Waals surface area (Å²) in [5, 5.41) is 12.4. The van der Waals surface area contributed by atoms with Crippen LogP contribution in [0.1, 0.15) is 6.42 Å². The molecule has 0 aromatic heterocycles. The normalized spacial score (nSPS) is 23.3. The summed E-state index contributed by atoms with van der Waals surface area (Å²) in [6, 6.07) is 0. The Morgan fingerprint density at radius 1 is 1.53 bits per heavy atom. The van der Waals surface area contributed by atoms with Crippen LogP contribution in [-0.2, 0) is 19.2 Å². The summed E-state index contributed by atoms with van der Waals surface area (Å²) in [5.74, 6) is -3.15. The topological polar surface area (TPSA) is 99.2 Å². The zero-order valence-electron chi connectivity index (χ0n) is 8.83. The summed E-state index contributed by atoms with van der Waals surface area (Å²) in [4.78, 5) is 39.0. The first kappa shape index (κ1) is 11.4. The van der Waals surface area contributed by atoms with Gasteiger partial charge in [-0.3, -0.25) is 10.1 Å². The monoisotopic (exact) mass is 241 g/mol. The van der Waals surface area contributed by atoms with Gasteiger partial charge in [0.2, 0.25) is 5.91 Å². The Balaban J connectivity index is 2.09. The molecule has 0 spiro atoms. The summed E-state index contributed by atoms with van der Waals surface area (Å²) >= 11 is 0. The number of carboxylic acids is 1. The second-order valence-corrected chi connectivity index (χ2v) is 3.55. The Hall–Kier alpha value is -2.09. The van der Waals surface area contributed by atoms with E-state index in [0.717, 1.165) is 5.06 Å². The summed E-state index contributed by atoms with van der Waals surface area (Å²) in [7, 11) is 0. The minimum Gasteiger partial charge on any atom is -0.473 e. The molecule has 1 fully saturated rings. The van der Waals surface area contributed by atoms with Gasteiger partial charge < -0.3 is 14.8 Å². The maximum atomic E-state index is 11.6. The van der Waals surface area contributed by atoms with E-state index in [2.05, 4.69) is 10.2 Å². The van der Waals surface area contributed by atoms with E-state index in [9.17, 15) is 14.4 Å². The predicted molar refractivity (Wildman–Crippen MR) is 52.8 cm³/mol. The predicted octanol–water partition coefficient (Wildman–Crippen LogP) is -1.54. The van der Waals surface area contributed by atoms with Crippen molar-refractivity contribution < 1.29 is 24.3 Å². The van der Waals surface area contributed by atoms with Crippen molar-refractivity contribution in [2.24, 2.45) is 0 Å². The van der Waals surface area contributed by atoms with Crippen molar-refractivity contribution in [3.05, 3.63) is 12.3 Å². The third kappa shape index (κ3) is 2.21. The lowest BCUT2D eigenvalue weighted by atomic mass is 10.2. The van der Waals surface area contributed by atoms with Crippen LogP contribution in [0.3, 0.4) is 0 Å². The number of nitrogens with one attached hydrogen (secondary N) is 1. The van der Waals surface area contributed by atoms with Gasteiger partial charge in [-0.25, -0.2) is 9.59 Å². The molecule has 1 unspecified atom stereocenters. The zero-order valence-corrected chi connectivity index (χ0v) is 8.83. The van der Waals surface area contributed by atoms with Gasteiger partial charge in [-0.2, -0.15) is 5.06 Å². The number of hydrogen-bond donors (Lipinski definition) is 2. The molecule has 2 aliphatic heterocycles. The fraction of sp³-hybridized carbons (Fsp3) is 0.444. The Morgan fingerprint density at radius 3 is 3.00 bits per heavy atom. The van der Waals surface area contributed by atoms with E-state index >= 15 is 0 Å². The molecule has 0 aromatic carbocycles. The molecule has 8 nitrogen and oxygen atoms in total. The standard InChI is InChI=1S/C9H11N3O5/c13-6-2-3-10-9-11(6)4-1-5-12(9)17-8(16)7(14)15/h1,5,9-10H,2-4H2,(H,14,15). The number of aliphatic carboxylic acids is 1. The lowest BCUT2D eigenvalue weighted by Crippen LogP contribution is -2.62. The summed E-state index contributed by atoms with van der Waals surface area (Å²) in [5.41, 5.74) is 0. The van der Waals surface area contributed by atoms with Crippen LogP contribution < -0.4 is 5.32 Å². The number of hydroxylamine groups is 2. The van der Waals surface area contributed by atoms with Gasteiger partial charge in [0.1, 0.15) is 0 Å². The molecule has 1 atom stereocenters. The molecule has 92 valence electrons. The summed E-state index contributed by atoms with van der Waals surface area (Å²) in [6.45, 7) is 0.854. The number of rotatable bonds is 1. The first-order valence-electron chi connectivity index (χ1n) is 5.02. The van der Waals surface area contributed by atoms with Crippen LogP contribution in [0.25, 0.3) is 0 Å². The molecule has 0 radical (unpaired) electrons. The highest BCUT2D eigenvalue weighted by Gasteiger charge is 2.35. The highest BCUT2D eigenvalue weighted by atomic mass is 16.7. The van der Waals surface area contributed by atoms with E-state index in [1.54, 1.807) is 6.08 Å². The highest BCUT2D eigenvalue weighted by Crippen LogP contribution is 2.15. The number of nitrogens with zero attached hydrogens (tertiary/aromatic N) is 2. The molecule has 1 amide bonds. The first-order chi connectivity index (χ1) is 8.09. The molecule has 1 saturated heterocycles. The molecule has 8 heteroatoms. The maximum Gasteiger partial charge on any atom is 0.441 e. The second kappa shape index (κ2) is 4.42. The molecular formula is C9H11N3O5. The van der Waals surface area contributed by atoms with Crippen LogP contribution in [0.4, 0.5) is 0 Å². The van der Waals surface area contributed by atoms with Crippen molar-refractivity contribution in [3.63, 3.8) is 0 Å². The number of carbonyl (C=O) groups is 3. The van der Waals surface area contributed by atoms with Crippen molar-refractivity contribution in [3.8, 4) is 0 Å². The zero-order chi connectivity index (χ0) is 12.4. The lowest BCUT2D eigenvalue weighted by Gasteiger charge is -2.42. The Morgan fingerprint density at radius 2 is 2.29 bits per heavy atom. The van der Waals surface area contributed by atoms with Gasteiger partial charge in [-0.15, -0.1) is 0 Å². The molecule has 2 N–H and O–H groups in total. The van der Waals surface area contributed by atoms with Gasteiger partial charge in [-0.1, -0.05) is 0 Å². The highest BCUT2D eigenvalue weighted by molar-refractivity contribution is 6.28. The molecule has 2 aliphatic rings. The van der Waals surface area contributed by atoms with Crippen molar-refractivity contribution >= 4 is 17.8 Å². The average Bonchev–Trinajstić information content (AvgIpc) is 2.30. The quantitative estimate of drug-likeness (QED) is 0.537. The van der Waals surface area contributed by atoms with E-state index in [0.29, 0.717) is 19.5 Å². The largest absolute Gasteiger partial charge is 0.473 e. The maximum absolute atomic E-state index is 11.6. The molecule has 2 rings (SSSR count). The number of carbonyl (C=O) groups excluding carboxylic acids is 2. The fourth-order valence-corrected chi connectivity index (χ4v) is 1.69. The van der Waals surface area contributed by atoms with E-state index in [1.165, 1.54) is 11.1 Å². The number of hydrogen-bond acceptors (Lipinski definition) is 6. The molecule has 2 heterocycles. The van der Waals surface area contributed by atoms with Crippen LogP contribution in [-0.4, -0.2) is 52.3 Å². The van der Waals surface area contributed by atoms with E-state index in [1.807, 2.05) is 0 Å². The van der Waals surface area contributed by atoms with E-state index < -0.39 is 18.2 Å². The number of carboxylic acid groups (broad SMARTS) is 1. The summed E-state index contributed by atoms with van der Waals surface area (Å²) in [6.07, 6.45) is 2.76. The smallest absolute Gasteiger partial charge is 0.441 e. The molecule has 0 bridgehead atoms. The third-order valence-corrected chi connectivity index (χ3v) is 2.44. The lowest BCUT2D eigenvalue weighted by molar-refractivity contribution is -0.215. The van der Waals surface area contributed by atoms with Crippen LogP contribution in [0.5, 0.6) is 0 Å². The number of amides is 1. The first-order valence-corrected chi connectivity index (χ1v) is 5.02. The Bertz CT molecular complexity index is 394. The van der Waals surface area contributed by atoms with Gasteiger partial charge in [-0.05, 0) is 6.08 Å². The molecule has 17 heavy (non-hydrogen) atoms. The molecule has 0 saturated carbocycles. The SMILES string of the molecule is O=C(O)C(=O)ON1C=CCN2C(=O)CCNC12. The van der Waals surface area contributed by atoms with Crippen molar-refractivity contribution in [2.45, 2.75) is 12.7 Å².